The molecule has 90 valence electrons. The van der Waals surface area contributed by atoms with E-state index in [0.29, 0.717) is 0 Å². The standard InChI is InChI=1S/C15H18ClN/c1-3-12-8-9-13(16)10-15(12)17-14-7-5-4-6-11(14)2/h8-10H,2-7H2,1H3/b17-14-. The van der Waals surface area contributed by atoms with Gasteiger partial charge in [0, 0.05) is 10.7 Å². The van der Waals surface area contributed by atoms with Crippen molar-refractivity contribution in [2.24, 2.45) is 4.99 Å². The van der Waals surface area contributed by atoms with E-state index in [1.165, 1.54) is 24.0 Å². The van der Waals surface area contributed by atoms with Crippen LogP contribution in [-0.4, -0.2) is 5.71 Å². The van der Waals surface area contributed by atoms with Gasteiger partial charge in [0.05, 0.1) is 5.69 Å². The van der Waals surface area contributed by atoms with Gasteiger partial charge in [-0.05, 0) is 55.4 Å². The van der Waals surface area contributed by atoms with Crippen LogP contribution < -0.4 is 0 Å². The van der Waals surface area contributed by atoms with Gasteiger partial charge in [0.25, 0.3) is 0 Å². The molecular formula is C15H18ClN. The fourth-order valence-corrected chi connectivity index (χ4v) is 2.34. The zero-order valence-electron chi connectivity index (χ0n) is 10.3. The molecule has 0 aliphatic heterocycles. The molecule has 1 aliphatic rings. The Balaban J connectivity index is 2.36. The second-order valence-corrected chi connectivity index (χ2v) is 4.93. The molecule has 2 rings (SSSR count). The van der Waals surface area contributed by atoms with Crippen LogP contribution in [0.4, 0.5) is 5.69 Å². The molecular weight excluding hydrogens is 230 g/mol. The predicted molar refractivity (Wildman–Crippen MR) is 75.5 cm³/mol. The van der Waals surface area contributed by atoms with Gasteiger partial charge in [-0.3, -0.25) is 4.99 Å². The highest BCUT2D eigenvalue weighted by Gasteiger charge is 2.12. The third kappa shape index (κ3) is 2.98. The Morgan fingerprint density at radius 1 is 1.29 bits per heavy atom. The molecule has 0 amide bonds. The van der Waals surface area contributed by atoms with E-state index in [4.69, 9.17) is 16.6 Å². The molecule has 2 heteroatoms. The Morgan fingerprint density at radius 3 is 2.76 bits per heavy atom. The highest BCUT2D eigenvalue weighted by atomic mass is 35.5. The van der Waals surface area contributed by atoms with Crippen molar-refractivity contribution in [3.8, 4) is 0 Å². The molecule has 1 aliphatic carbocycles. The quantitative estimate of drug-likeness (QED) is 0.689. The molecule has 17 heavy (non-hydrogen) atoms. The first kappa shape index (κ1) is 12.4. The number of nitrogens with zero attached hydrogens (tertiary/aromatic N) is 1. The Morgan fingerprint density at radius 2 is 2.06 bits per heavy atom. The average Bonchev–Trinajstić information content (AvgIpc) is 2.32. The van der Waals surface area contributed by atoms with Crippen molar-refractivity contribution in [3.05, 3.63) is 40.9 Å². The van der Waals surface area contributed by atoms with E-state index >= 15 is 0 Å². The lowest BCUT2D eigenvalue weighted by Gasteiger charge is -2.16. The minimum Gasteiger partial charge on any atom is -0.253 e. The van der Waals surface area contributed by atoms with Crippen molar-refractivity contribution in [2.45, 2.75) is 39.0 Å². The van der Waals surface area contributed by atoms with Gasteiger partial charge in [-0.2, -0.15) is 0 Å². The van der Waals surface area contributed by atoms with Crippen LogP contribution in [0.15, 0.2) is 35.3 Å². The maximum Gasteiger partial charge on any atom is 0.0679 e. The van der Waals surface area contributed by atoms with Crippen molar-refractivity contribution in [3.63, 3.8) is 0 Å². The molecule has 0 unspecified atom stereocenters. The number of allylic oxidation sites excluding steroid dienone is 1. The molecule has 0 spiro atoms. The van der Waals surface area contributed by atoms with Crippen LogP contribution in [0.25, 0.3) is 0 Å². The van der Waals surface area contributed by atoms with Gasteiger partial charge < -0.3 is 0 Å². The summed E-state index contributed by atoms with van der Waals surface area (Å²) in [7, 11) is 0. The summed E-state index contributed by atoms with van der Waals surface area (Å²) in [5.74, 6) is 0. The van der Waals surface area contributed by atoms with E-state index in [0.717, 1.165) is 35.7 Å². The first-order chi connectivity index (χ1) is 8.20. The number of aryl methyl sites for hydroxylation is 1. The lowest BCUT2D eigenvalue weighted by Crippen LogP contribution is -2.07. The van der Waals surface area contributed by atoms with Gasteiger partial charge in [-0.25, -0.2) is 0 Å². The van der Waals surface area contributed by atoms with E-state index in [2.05, 4.69) is 19.6 Å². The number of benzene rings is 1. The molecule has 0 aromatic heterocycles. The van der Waals surface area contributed by atoms with Crippen molar-refractivity contribution in [2.75, 3.05) is 0 Å². The molecule has 0 bridgehead atoms. The Hall–Kier alpha value is -1.08. The SMILES string of the molecule is C=C1CCCC/C1=N/c1cc(Cl)ccc1CC. The first-order valence-corrected chi connectivity index (χ1v) is 6.62. The molecule has 0 atom stereocenters. The number of aliphatic imine (C=N–C) groups is 1. The molecule has 1 nitrogen and oxygen atoms in total. The van der Waals surface area contributed by atoms with E-state index in [1.807, 2.05) is 12.1 Å². The van der Waals surface area contributed by atoms with Crippen LogP contribution in [0, 0.1) is 0 Å². The topological polar surface area (TPSA) is 12.4 Å². The van der Waals surface area contributed by atoms with Gasteiger partial charge in [-0.1, -0.05) is 31.2 Å². The van der Waals surface area contributed by atoms with Crippen LogP contribution in [0.1, 0.15) is 38.2 Å². The highest BCUT2D eigenvalue weighted by Crippen LogP contribution is 2.28. The maximum atomic E-state index is 6.04. The summed E-state index contributed by atoms with van der Waals surface area (Å²) in [6, 6.07) is 5.95. The molecule has 0 saturated heterocycles. The van der Waals surface area contributed by atoms with Crippen LogP contribution in [0.5, 0.6) is 0 Å². The lowest BCUT2D eigenvalue weighted by atomic mass is 9.94. The molecule has 0 heterocycles. The van der Waals surface area contributed by atoms with Crippen molar-refractivity contribution in [1.29, 1.82) is 0 Å². The molecule has 1 aromatic carbocycles. The van der Waals surface area contributed by atoms with E-state index < -0.39 is 0 Å². The van der Waals surface area contributed by atoms with Crippen LogP contribution in [0.3, 0.4) is 0 Å². The van der Waals surface area contributed by atoms with Crippen molar-refractivity contribution in [1.82, 2.24) is 0 Å². The largest absolute Gasteiger partial charge is 0.253 e. The van der Waals surface area contributed by atoms with Gasteiger partial charge >= 0.3 is 0 Å². The van der Waals surface area contributed by atoms with Gasteiger partial charge in [0.1, 0.15) is 0 Å². The van der Waals surface area contributed by atoms with Crippen LogP contribution in [0.2, 0.25) is 5.02 Å². The minimum atomic E-state index is 0.753. The number of rotatable bonds is 2. The molecule has 1 fully saturated rings. The van der Waals surface area contributed by atoms with Gasteiger partial charge in [0.2, 0.25) is 0 Å². The Kier molecular flexibility index (Phi) is 4.01. The van der Waals surface area contributed by atoms with Crippen molar-refractivity contribution < 1.29 is 0 Å². The highest BCUT2D eigenvalue weighted by molar-refractivity contribution is 6.30. The Labute approximate surface area is 108 Å². The maximum absolute atomic E-state index is 6.04. The summed E-state index contributed by atoms with van der Waals surface area (Å²) in [6.45, 7) is 6.25. The summed E-state index contributed by atoms with van der Waals surface area (Å²) >= 11 is 6.04. The third-order valence-corrected chi connectivity index (χ3v) is 3.47. The monoisotopic (exact) mass is 247 g/mol. The summed E-state index contributed by atoms with van der Waals surface area (Å²) in [5.41, 5.74) is 4.62. The number of halogens is 1. The van der Waals surface area contributed by atoms with Crippen LogP contribution >= 0.6 is 11.6 Å². The second-order valence-electron chi connectivity index (χ2n) is 4.50. The fourth-order valence-electron chi connectivity index (χ4n) is 2.17. The summed E-state index contributed by atoms with van der Waals surface area (Å²) in [5, 5.41) is 0.753. The summed E-state index contributed by atoms with van der Waals surface area (Å²) in [6.07, 6.45) is 5.58. The first-order valence-electron chi connectivity index (χ1n) is 6.25. The summed E-state index contributed by atoms with van der Waals surface area (Å²) < 4.78 is 0. The zero-order chi connectivity index (χ0) is 12.3. The molecule has 0 N–H and O–H groups in total. The normalized spacial score (nSPS) is 18.7. The average molecular weight is 248 g/mol. The molecule has 1 saturated carbocycles. The van der Waals surface area contributed by atoms with Crippen molar-refractivity contribution >= 4 is 23.0 Å². The van der Waals surface area contributed by atoms with Gasteiger partial charge in [0.15, 0.2) is 0 Å². The van der Waals surface area contributed by atoms with Gasteiger partial charge in [-0.15, -0.1) is 0 Å². The minimum absolute atomic E-state index is 0.753. The molecule has 1 aromatic rings. The predicted octanol–water partition coefficient (Wildman–Crippen LogP) is 5.11. The fraction of sp³-hybridized carbons (Fsp3) is 0.400. The van der Waals surface area contributed by atoms with E-state index in [1.54, 1.807) is 0 Å². The van der Waals surface area contributed by atoms with Crippen LogP contribution in [-0.2, 0) is 6.42 Å². The van der Waals surface area contributed by atoms with E-state index in [-0.39, 0.29) is 0 Å². The smallest absolute Gasteiger partial charge is 0.0679 e. The molecule has 0 radical (unpaired) electrons. The second kappa shape index (κ2) is 5.50. The lowest BCUT2D eigenvalue weighted by molar-refractivity contribution is 0.734. The summed E-state index contributed by atoms with van der Waals surface area (Å²) in [4.78, 5) is 4.76. The zero-order valence-corrected chi connectivity index (χ0v) is 11.1. The number of hydrogen-bond acceptors (Lipinski definition) is 1. The number of hydrogen-bond donors (Lipinski definition) is 0. The third-order valence-electron chi connectivity index (χ3n) is 3.23. The Bertz CT molecular complexity index is 460. The van der Waals surface area contributed by atoms with E-state index in [9.17, 15) is 0 Å².